The van der Waals surface area contributed by atoms with Crippen molar-refractivity contribution in [1.29, 1.82) is 0 Å². The number of nitro benzene ring substituents is 1. The van der Waals surface area contributed by atoms with Crippen LogP contribution >= 0.6 is 0 Å². The molecule has 1 aliphatic heterocycles. The summed E-state index contributed by atoms with van der Waals surface area (Å²) in [4.78, 5) is 38.9. The van der Waals surface area contributed by atoms with E-state index in [9.17, 15) is 24.1 Å². The number of imidazole rings is 1. The maximum Gasteiger partial charge on any atom is 0.343 e. The lowest BCUT2D eigenvalue weighted by molar-refractivity contribution is -0.384. The Morgan fingerprint density at radius 1 is 1.40 bits per heavy atom. The molecule has 0 bridgehead atoms. The summed E-state index contributed by atoms with van der Waals surface area (Å²) >= 11 is 0. The standard InChI is InChI=1S/C15H13FN4O5/c16-15(14(22)23)3-5-18(8-15)13(21)10-1-2-11(12(7-10)20(24)25)19-6-4-17-9-19/h1-2,4,6-7,9H,3,5,8H2,(H,22,23). The number of carbonyl (C=O) groups excluding carboxylic acids is 1. The molecule has 1 unspecified atom stereocenters. The quantitative estimate of drug-likeness (QED) is 0.659. The van der Waals surface area contributed by atoms with Gasteiger partial charge in [-0.25, -0.2) is 14.2 Å². The SMILES string of the molecule is O=C(c1ccc(-n2ccnc2)c([N+](=O)[O-])c1)N1CCC(F)(C(=O)O)C1. The Hall–Kier alpha value is -3.30. The first-order valence-electron chi connectivity index (χ1n) is 7.30. The summed E-state index contributed by atoms with van der Waals surface area (Å²) in [6.45, 7) is -0.656. The first-order valence-corrected chi connectivity index (χ1v) is 7.30. The van der Waals surface area contributed by atoms with Gasteiger partial charge in [-0.05, 0) is 12.1 Å². The molecule has 0 radical (unpaired) electrons. The third-order valence-corrected chi connectivity index (χ3v) is 4.09. The van der Waals surface area contributed by atoms with E-state index in [2.05, 4.69) is 4.98 Å². The lowest BCUT2D eigenvalue weighted by Gasteiger charge is -2.18. The van der Waals surface area contributed by atoms with E-state index in [0.717, 1.165) is 11.0 Å². The number of rotatable bonds is 4. The average Bonchev–Trinajstić information content (AvgIpc) is 3.24. The van der Waals surface area contributed by atoms with Crippen molar-refractivity contribution >= 4 is 17.6 Å². The maximum absolute atomic E-state index is 14.1. The fourth-order valence-electron chi connectivity index (χ4n) is 2.73. The summed E-state index contributed by atoms with van der Waals surface area (Å²) in [6.07, 6.45) is 4.05. The van der Waals surface area contributed by atoms with Gasteiger partial charge in [-0.3, -0.25) is 14.9 Å². The number of aromatic nitrogens is 2. The molecule has 0 aliphatic carbocycles. The molecule has 10 heteroatoms. The van der Waals surface area contributed by atoms with Gasteiger partial charge in [0, 0.05) is 37.0 Å². The number of hydrogen-bond donors (Lipinski definition) is 1. The number of carboxylic acid groups (broad SMARTS) is 1. The zero-order valence-corrected chi connectivity index (χ0v) is 12.8. The number of benzene rings is 1. The molecule has 9 nitrogen and oxygen atoms in total. The Morgan fingerprint density at radius 3 is 2.72 bits per heavy atom. The summed E-state index contributed by atoms with van der Waals surface area (Å²) in [5.41, 5.74) is -2.58. The number of carboxylic acids is 1. The zero-order chi connectivity index (χ0) is 18.2. The third kappa shape index (κ3) is 2.93. The van der Waals surface area contributed by atoms with Crippen molar-refractivity contribution in [3.63, 3.8) is 0 Å². The number of nitrogens with zero attached hydrogens (tertiary/aromatic N) is 4. The Bertz CT molecular complexity index is 854. The lowest BCUT2D eigenvalue weighted by Crippen LogP contribution is -2.38. The molecule has 1 saturated heterocycles. The highest BCUT2D eigenvalue weighted by molar-refractivity contribution is 5.96. The van der Waals surface area contributed by atoms with Gasteiger partial charge >= 0.3 is 5.97 Å². The number of nitro groups is 1. The molecule has 130 valence electrons. The topological polar surface area (TPSA) is 119 Å². The van der Waals surface area contributed by atoms with Gasteiger partial charge in [0.05, 0.1) is 17.8 Å². The van der Waals surface area contributed by atoms with Crippen LogP contribution in [-0.2, 0) is 4.79 Å². The van der Waals surface area contributed by atoms with Crippen LogP contribution in [0.5, 0.6) is 0 Å². The van der Waals surface area contributed by atoms with Gasteiger partial charge in [0.25, 0.3) is 11.6 Å². The highest BCUT2D eigenvalue weighted by Gasteiger charge is 2.47. The highest BCUT2D eigenvalue weighted by Crippen LogP contribution is 2.29. The van der Waals surface area contributed by atoms with Crippen molar-refractivity contribution < 1.29 is 24.0 Å². The van der Waals surface area contributed by atoms with E-state index in [1.807, 2.05) is 0 Å². The second-order valence-electron chi connectivity index (χ2n) is 5.68. The van der Waals surface area contributed by atoms with Crippen molar-refractivity contribution in [2.45, 2.75) is 12.1 Å². The molecule has 2 heterocycles. The predicted octanol–water partition coefficient (Wildman–Crippen LogP) is 1.42. The van der Waals surface area contributed by atoms with E-state index < -0.39 is 29.0 Å². The molecule has 0 spiro atoms. The minimum absolute atomic E-state index is 0.00907. The Balaban J connectivity index is 1.91. The van der Waals surface area contributed by atoms with Gasteiger partial charge in [-0.1, -0.05) is 0 Å². The Morgan fingerprint density at radius 2 is 2.16 bits per heavy atom. The molecule has 1 aliphatic rings. The van der Waals surface area contributed by atoms with Gasteiger partial charge in [0.15, 0.2) is 0 Å². The van der Waals surface area contributed by atoms with Crippen LogP contribution in [-0.4, -0.2) is 55.1 Å². The predicted molar refractivity (Wildman–Crippen MR) is 82.2 cm³/mol. The summed E-state index contributed by atoms with van der Waals surface area (Å²) in [7, 11) is 0. The molecular formula is C15H13FN4O5. The first kappa shape index (κ1) is 16.6. The molecule has 0 saturated carbocycles. The van der Waals surface area contributed by atoms with Crippen molar-refractivity contribution in [1.82, 2.24) is 14.5 Å². The number of carbonyl (C=O) groups is 2. The molecule has 1 N–H and O–H groups in total. The molecule has 1 aromatic heterocycles. The smallest absolute Gasteiger partial charge is 0.343 e. The van der Waals surface area contributed by atoms with Gasteiger partial charge in [-0.15, -0.1) is 0 Å². The largest absolute Gasteiger partial charge is 0.479 e. The molecule has 25 heavy (non-hydrogen) atoms. The number of amides is 1. The average molecular weight is 348 g/mol. The van der Waals surface area contributed by atoms with E-state index in [4.69, 9.17) is 5.11 Å². The monoisotopic (exact) mass is 348 g/mol. The zero-order valence-electron chi connectivity index (χ0n) is 12.8. The van der Waals surface area contributed by atoms with Gasteiger partial charge in [0.1, 0.15) is 5.69 Å². The van der Waals surface area contributed by atoms with Gasteiger partial charge in [-0.2, -0.15) is 0 Å². The van der Waals surface area contributed by atoms with Crippen LogP contribution in [0.25, 0.3) is 5.69 Å². The summed E-state index contributed by atoms with van der Waals surface area (Å²) in [6, 6.07) is 3.86. The van der Waals surface area contributed by atoms with Crippen LogP contribution in [0.1, 0.15) is 16.8 Å². The van der Waals surface area contributed by atoms with Crippen molar-refractivity contribution in [2.75, 3.05) is 13.1 Å². The summed E-state index contributed by atoms with van der Waals surface area (Å²) in [5, 5.41) is 20.2. The Labute approximate surface area is 140 Å². The van der Waals surface area contributed by atoms with Gasteiger partial charge in [0.2, 0.25) is 5.67 Å². The van der Waals surface area contributed by atoms with Crippen molar-refractivity contribution in [2.24, 2.45) is 0 Å². The van der Waals surface area contributed by atoms with E-state index in [1.165, 1.54) is 35.4 Å². The molecule has 3 rings (SSSR count). The van der Waals surface area contributed by atoms with Crippen LogP contribution in [0.2, 0.25) is 0 Å². The Kier molecular flexibility index (Phi) is 3.95. The van der Waals surface area contributed by atoms with E-state index >= 15 is 0 Å². The molecule has 1 atom stereocenters. The summed E-state index contributed by atoms with van der Waals surface area (Å²) < 4.78 is 15.5. The van der Waals surface area contributed by atoms with Crippen LogP contribution in [0, 0.1) is 10.1 Å². The number of aliphatic carboxylic acids is 1. The lowest BCUT2D eigenvalue weighted by atomic mass is 10.1. The van der Waals surface area contributed by atoms with E-state index in [1.54, 1.807) is 0 Å². The molecule has 1 amide bonds. The third-order valence-electron chi connectivity index (χ3n) is 4.09. The molecular weight excluding hydrogens is 335 g/mol. The van der Waals surface area contributed by atoms with Gasteiger partial charge < -0.3 is 14.6 Å². The van der Waals surface area contributed by atoms with Crippen molar-refractivity contribution in [3.05, 3.63) is 52.6 Å². The van der Waals surface area contributed by atoms with Crippen molar-refractivity contribution in [3.8, 4) is 5.69 Å². The minimum Gasteiger partial charge on any atom is -0.479 e. The molecule has 2 aromatic rings. The van der Waals surface area contributed by atoms with Crippen LogP contribution in [0.3, 0.4) is 0 Å². The maximum atomic E-state index is 14.1. The normalized spacial score (nSPS) is 19.8. The number of alkyl halides is 1. The number of hydrogen-bond acceptors (Lipinski definition) is 5. The molecule has 1 aromatic carbocycles. The number of likely N-dealkylation sites (tertiary alicyclic amines) is 1. The second-order valence-corrected chi connectivity index (χ2v) is 5.68. The summed E-state index contributed by atoms with van der Waals surface area (Å²) in [5.74, 6) is -2.27. The highest BCUT2D eigenvalue weighted by atomic mass is 19.1. The van der Waals surface area contributed by atoms with Crippen LogP contribution in [0.4, 0.5) is 10.1 Å². The minimum atomic E-state index is -2.49. The number of halogens is 1. The van der Waals surface area contributed by atoms with E-state index in [-0.39, 0.29) is 29.9 Å². The van der Waals surface area contributed by atoms with Crippen LogP contribution < -0.4 is 0 Å². The fraction of sp³-hybridized carbons (Fsp3) is 0.267. The second kappa shape index (κ2) is 5.96. The fourth-order valence-corrected chi connectivity index (χ4v) is 2.73. The molecule has 1 fully saturated rings. The first-order chi connectivity index (χ1) is 11.8. The van der Waals surface area contributed by atoms with Crippen LogP contribution in [0.15, 0.2) is 36.9 Å². The van der Waals surface area contributed by atoms with E-state index in [0.29, 0.717) is 0 Å².